The van der Waals surface area contributed by atoms with Gasteiger partial charge in [-0.1, -0.05) is 19.2 Å². The quantitative estimate of drug-likeness (QED) is 0.320. The van der Waals surface area contributed by atoms with Crippen LogP contribution in [-0.4, -0.2) is 48.9 Å². The monoisotopic (exact) mass is 398 g/mol. The van der Waals surface area contributed by atoms with E-state index in [1.807, 2.05) is 0 Å². The number of hydrogen-bond acceptors (Lipinski definition) is 8. The molecule has 0 aromatic heterocycles. The highest BCUT2D eigenvalue weighted by Crippen LogP contribution is 2.20. The summed E-state index contributed by atoms with van der Waals surface area (Å²) in [6.07, 6.45) is 2.18. The molecule has 0 spiro atoms. The van der Waals surface area contributed by atoms with Gasteiger partial charge >= 0.3 is 11.9 Å². The fourth-order valence-corrected chi connectivity index (χ4v) is 1.91. The molecular weight excluding hydrogens is 376 g/mol. The lowest BCUT2D eigenvalue weighted by Crippen LogP contribution is -2.20. The number of benzene rings is 1. The van der Waals surface area contributed by atoms with Crippen LogP contribution in [0.25, 0.3) is 0 Å². The highest BCUT2D eigenvalue weighted by molar-refractivity contribution is 7.81. The van der Waals surface area contributed by atoms with Gasteiger partial charge in [-0.05, 0) is 12.1 Å². The summed E-state index contributed by atoms with van der Waals surface area (Å²) in [5.74, 6) is 0.176. The Hall–Kier alpha value is -2.06. The van der Waals surface area contributed by atoms with Crippen molar-refractivity contribution in [1.82, 2.24) is 0 Å². The molecule has 1 rings (SSSR count). The van der Waals surface area contributed by atoms with E-state index >= 15 is 0 Å². The van der Waals surface area contributed by atoms with Gasteiger partial charge in [0.2, 0.25) is 0 Å². The lowest BCUT2D eigenvalue weighted by molar-refractivity contribution is -0.138. The Morgan fingerprint density at radius 3 is 1.69 bits per heavy atom. The third kappa shape index (κ3) is 9.43. The summed E-state index contributed by atoms with van der Waals surface area (Å²) >= 11 is 8.58. The molecule has 142 valence electrons. The predicted octanol–water partition coefficient (Wildman–Crippen LogP) is 2.50. The van der Waals surface area contributed by atoms with Gasteiger partial charge in [-0.15, -0.1) is 0 Å². The summed E-state index contributed by atoms with van der Waals surface area (Å²) in [4.78, 5) is 22.0. The fourth-order valence-electron chi connectivity index (χ4n) is 1.61. The first-order valence-corrected chi connectivity index (χ1v) is 8.78. The van der Waals surface area contributed by atoms with E-state index in [-0.39, 0.29) is 36.9 Å². The first kappa shape index (κ1) is 22.0. The van der Waals surface area contributed by atoms with Gasteiger partial charge < -0.3 is 18.9 Å². The SMILES string of the molecule is C=CC(=O)OCC(S)COc1cccc(OCC(S)COC(=O)C=C)c1. The van der Waals surface area contributed by atoms with E-state index in [1.54, 1.807) is 24.3 Å². The van der Waals surface area contributed by atoms with Gasteiger partial charge in [-0.2, -0.15) is 25.3 Å². The fraction of sp³-hybridized carbons (Fsp3) is 0.333. The van der Waals surface area contributed by atoms with Crippen LogP contribution in [0.1, 0.15) is 0 Å². The first-order chi connectivity index (χ1) is 12.4. The number of thiol groups is 2. The molecule has 0 aliphatic carbocycles. The normalized spacial score (nSPS) is 12.4. The molecule has 0 N–H and O–H groups in total. The third-order valence-electron chi connectivity index (χ3n) is 2.86. The van der Waals surface area contributed by atoms with Gasteiger partial charge in [-0.3, -0.25) is 0 Å². The number of carbonyl (C=O) groups excluding carboxylic acids is 2. The summed E-state index contributed by atoms with van der Waals surface area (Å²) in [5, 5.41) is -0.547. The predicted molar refractivity (Wildman–Crippen MR) is 105 cm³/mol. The summed E-state index contributed by atoms with van der Waals surface area (Å²) in [6, 6.07) is 7.04. The number of rotatable bonds is 12. The average Bonchev–Trinajstić information content (AvgIpc) is 2.67. The first-order valence-electron chi connectivity index (χ1n) is 7.74. The van der Waals surface area contributed by atoms with E-state index in [2.05, 4.69) is 38.4 Å². The minimum absolute atomic E-state index is 0.120. The summed E-state index contributed by atoms with van der Waals surface area (Å²) in [6.45, 7) is 7.38. The zero-order valence-electron chi connectivity index (χ0n) is 14.2. The van der Waals surface area contributed by atoms with Crippen molar-refractivity contribution in [2.24, 2.45) is 0 Å². The average molecular weight is 399 g/mol. The van der Waals surface area contributed by atoms with Crippen LogP contribution in [0.3, 0.4) is 0 Å². The Bertz CT molecular complexity index is 570. The van der Waals surface area contributed by atoms with Crippen LogP contribution in [0, 0.1) is 0 Å². The molecule has 0 bridgehead atoms. The zero-order chi connectivity index (χ0) is 19.4. The van der Waals surface area contributed by atoms with E-state index in [0.717, 1.165) is 12.2 Å². The van der Waals surface area contributed by atoms with Crippen LogP contribution < -0.4 is 9.47 Å². The van der Waals surface area contributed by atoms with Crippen LogP contribution in [-0.2, 0) is 19.1 Å². The van der Waals surface area contributed by atoms with Crippen LogP contribution in [0.4, 0.5) is 0 Å². The van der Waals surface area contributed by atoms with Gasteiger partial charge in [0.15, 0.2) is 0 Å². The van der Waals surface area contributed by atoms with Gasteiger partial charge in [0.05, 0.1) is 10.5 Å². The Morgan fingerprint density at radius 1 is 0.885 bits per heavy atom. The molecule has 1 aromatic rings. The van der Waals surface area contributed by atoms with Gasteiger partial charge in [-0.25, -0.2) is 9.59 Å². The highest BCUT2D eigenvalue weighted by Gasteiger charge is 2.09. The van der Waals surface area contributed by atoms with Crippen LogP contribution in [0.5, 0.6) is 11.5 Å². The Labute approximate surface area is 164 Å². The molecule has 0 saturated carbocycles. The molecule has 0 aliphatic rings. The van der Waals surface area contributed by atoms with Crippen LogP contribution in [0.15, 0.2) is 49.6 Å². The minimum Gasteiger partial charge on any atom is -0.492 e. The largest absolute Gasteiger partial charge is 0.492 e. The van der Waals surface area contributed by atoms with Gasteiger partial charge in [0.25, 0.3) is 0 Å². The molecule has 26 heavy (non-hydrogen) atoms. The molecule has 8 heteroatoms. The lowest BCUT2D eigenvalue weighted by atomic mass is 10.3. The standard InChI is InChI=1S/C18H22O6S2/c1-3-17(19)23-11-15(25)9-21-13-6-5-7-14(8-13)22-10-16(26)12-24-18(20)4-2/h3-8,15-16,25-26H,1-2,9-12H2. The molecule has 0 radical (unpaired) electrons. The van der Waals surface area contributed by atoms with Crippen molar-refractivity contribution < 1.29 is 28.5 Å². The maximum absolute atomic E-state index is 11.0. The summed E-state index contributed by atoms with van der Waals surface area (Å²) in [7, 11) is 0. The van der Waals surface area contributed by atoms with E-state index in [4.69, 9.17) is 18.9 Å². The van der Waals surface area contributed by atoms with Crippen LogP contribution in [0.2, 0.25) is 0 Å². The van der Waals surface area contributed by atoms with Crippen molar-refractivity contribution >= 4 is 37.2 Å². The van der Waals surface area contributed by atoms with Crippen molar-refractivity contribution in [3.05, 3.63) is 49.6 Å². The van der Waals surface area contributed by atoms with E-state index in [0.29, 0.717) is 11.5 Å². The molecule has 0 fully saturated rings. The van der Waals surface area contributed by atoms with E-state index < -0.39 is 11.9 Å². The molecule has 0 heterocycles. The molecule has 0 aliphatic heterocycles. The topological polar surface area (TPSA) is 71.1 Å². The maximum Gasteiger partial charge on any atom is 0.330 e. The lowest BCUT2D eigenvalue weighted by Gasteiger charge is -2.15. The molecule has 2 atom stereocenters. The Morgan fingerprint density at radius 2 is 1.31 bits per heavy atom. The van der Waals surface area contributed by atoms with Crippen molar-refractivity contribution in [2.45, 2.75) is 10.5 Å². The van der Waals surface area contributed by atoms with Crippen molar-refractivity contribution in [3.63, 3.8) is 0 Å². The number of ether oxygens (including phenoxy) is 4. The smallest absolute Gasteiger partial charge is 0.330 e. The second-order valence-corrected chi connectivity index (χ2v) is 6.53. The van der Waals surface area contributed by atoms with Crippen molar-refractivity contribution in [2.75, 3.05) is 26.4 Å². The molecule has 1 aromatic carbocycles. The Kier molecular flexibility index (Phi) is 10.4. The molecule has 0 saturated heterocycles. The molecule has 6 nitrogen and oxygen atoms in total. The van der Waals surface area contributed by atoms with Gasteiger partial charge in [0, 0.05) is 18.2 Å². The third-order valence-corrected chi connectivity index (χ3v) is 3.46. The summed E-state index contributed by atoms with van der Waals surface area (Å²) < 4.78 is 21.0. The number of carbonyl (C=O) groups is 2. The molecule has 2 unspecified atom stereocenters. The second kappa shape index (κ2) is 12.3. The van der Waals surface area contributed by atoms with Crippen molar-refractivity contribution in [3.8, 4) is 11.5 Å². The minimum atomic E-state index is -0.500. The van der Waals surface area contributed by atoms with Crippen LogP contribution >= 0.6 is 25.3 Å². The molecule has 0 amide bonds. The number of esters is 2. The maximum atomic E-state index is 11.0. The second-order valence-electron chi connectivity index (χ2n) is 5.07. The van der Waals surface area contributed by atoms with E-state index in [9.17, 15) is 9.59 Å². The van der Waals surface area contributed by atoms with Gasteiger partial charge in [0.1, 0.15) is 37.9 Å². The number of hydrogen-bond donors (Lipinski definition) is 2. The Balaban J connectivity index is 2.37. The summed E-state index contributed by atoms with van der Waals surface area (Å²) in [5.41, 5.74) is 0. The highest BCUT2D eigenvalue weighted by atomic mass is 32.1. The molecular formula is C18H22O6S2. The van der Waals surface area contributed by atoms with Crippen molar-refractivity contribution in [1.29, 1.82) is 0 Å². The van der Waals surface area contributed by atoms with E-state index in [1.165, 1.54) is 0 Å². The zero-order valence-corrected chi connectivity index (χ0v) is 16.0.